The number of alkyl halides is 1. The molecule has 0 radical (unpaired) electrons. The van der Waals surface area contributed by atoms with Crippen molar-refractivity contribution < 1.29 is 13.9 Å². The van der Waals surface area contributed by atoms with Gasteiger partial charge in [0.1, 0.15) is 11.9 Å². The fourth-order valence-electron chi connectivity index (χ4n) is 2.25. The Morgan fingerprint density at radius 3 is 2.82 bits per heavy atom. The lowest BCUT2D eigenvalue weighted by atomic mass is 10.2. The maximum Gasteiger partial charge on any atom is 0.207 e. The zero-order valence-corrected chi connectivity index (χ0v) is 10.6. The number of anilines is 1. The van der Waals surface area contributed by atoms with E-state index in [1.807, 2.05) is 24.1 Å². The Morgan fingerprint density at radius 1 is 1.47 bits per heavy atom. The second kappa shape index (κ2) is 4.19. The summed E-state index contributed by atoms with van der Waals surface area (Å²) in [4.78, 5) is 6.48. The number of hydrogen-bond donors (Lipinski definition) is 0. The molecular weight excluding hydrogens is 243 g/mol. The van der Waals surface area contributed by atoms with Crippen LogP contribution in [0.25, 0.3) is 0 Å². The molecule has 0 saturated carbocycles. The number of hydrogen-bond acceptors (Lipinski definition) is 5. The molecule has 2 aliphatic heterocycles. The van der Waals surface area contributed by atoms with Crippen LogP contribution in [-0.4, -0.2) is 30.0 Å². The van der Waals surface area contributed by atoms with E-state index in [-0.39, 0.29) is 18.6 Å². The van der Waals surface area contributed by atoms with Crippen molar-refractivity contribution in [1.29, 1.82) is 0 Å². The number of aromatic nitrogens is 1. The van der Waals surface area contributed by atoms with Gasteiger partial charge in [-0.25, -0.2) is 9.37 Å². The predicted octanol–water partition coefficient (Wildman–Crippen LogP) is 2.47. The Bertz CT molecular complexity index is 408. The molecule has 2 atom stereocenters. The summed E-state index contributed by atoms with van der Waals surface area (Å²) in [5.74, 6) is 0. The highest BCUT2D eigenvalue weighted by Crippen LogP contribution is 2.36. The largest absolute Gasteiger partial charge is 0.342 e. The molecule has 1 aromatic rings. The smallest absolute Gasteiger partial charge is 0.207 e. The Morgan fingerprint density at radius 2 is 2.24 bits per heavy atom. The van der Waals surface area contributed by atoms with Gasteiger partial charge in [0.15, 0.2) is 11.4 Å². The average Bonchev–Trinajstić information content (AvgIpc) is 2.80. The van der Waals surface area contributed by atoms with Crippen LogP contribution in [0.2, 0.25) is 0 Å². The molecule has 4 nitrogen and oxygen atoms in total. The van der Waals surface area contributed by atoms with Crippen LogP contribution in [0.3, 0.4) is 0 Å². The Balaban J connectivity index is 1.72. The second-order valence-electron chi connectivity index (χ2n) is 4.56. The van der Waals surface area contributed by atoms with E-state index in [9.17, 15) is 4.39 Å². The van der Waals surface area contributed by atoms with Crippen LogP contribution in [0.1, 0.15) is 32.3 Å². The predicted molar refractivity (Wildman–Crippen MR) is 62.8 cm³/mol. The molecule has 0 amide bonds. The molecule has 3 rings (SSSR count). The van der Waals surface area contributed by atoms with Gasteiger partial charge in [0.05, 0.1) is 6.54 Å². The maximum atomic E-state index is 13.3. The van der Waals surface area contributed by atoms with Crippen LogP contribution < -0.4 is 4.90 Å². The Hall–Kier alpha value is -0.720. The standard InChI is InChI=1S/C11H15FN2O2S/c1-6-3-8(12)4-14(6)11-13-9(5-17-11)10-15-7(2)16-10/h5-8,10H,3-4H2,1-2H3/t6-,7?,8-,10?/m0/s1. The molecule has 0 bridgehead atoms. The molecule has 0 N–H and O–H groups in total. The average molecular weight is 258 g/mol. The van der Waals surface area contributed by atoms with Gasteiger partial charge in [-0.1, -0.05) is 0 Å². The number of halogens is 1. The molecule has 2 fully saturated rings. The third-order valence-corrected chi connectivity index (χ3v) is 4.05. The van der Waals surface area contributed by atoms with Crippen molar-refractivity contribution in [2.24, 2.45) is 0 Å². The van der Waals surface area contributed by atoms with Crippen molar-refractivity contribution in [3.63, 3.8) is 0 Å². The van der Waals surface area contributed by atoms with Crippen LogP contribution in [0.4, 0.5) is 9.52 Å². The quantitative estimate of drug-likeness (QED) is 0.816. The molecule has 17 heavy (non-hydrogen) atoms. The second-order valence-corrected chi connectivity index (χ2v) is 5.40. The molecule has 0 spiro atoms. The minimum atomic E-state index is -0.742. The Kier molecular flexibility index (Phi) is 2.80. The summed E-state index contributed by atoms with van der Waals surface area (Å²) in [5.41, 5.74) is 0.789. The van der Waals surface area contributed by atoms with Gasteiger partial charge in [-0.15, -0.1) is 11.3 Å². The lowest BCUT2D eigenvalue weighted by molar-refractivity contribution is -0.383. The van der Waals surface area contributed by atoms with Gasteiger partial charge in [-0.3, -0.25) is 0 Å². The molecule has 2 saturated heterocycles. The fourth-order valence-corrected chi connectivity index (χ4v) is 3.18. The zero-order chi connectivity index (χ0) is 12.0. The van der Waals surface area contributed by atoms with Gasteiger partial charge in [0.2, 0.25) is 6.29 Å². The molecule has 94 valence electrons. The maximum absolute atomic E-state index is 13.3. The summed E-state index contributed by atoms with van der Waals surface area (Å²) in [7, 11) is 0. The lowest BCUT2D eigenvalue weighted by Crippen LogP contribution is -2.32. The normalized spacial score (nSPS) is 37.2. The van der Waals surface area contributed by atoms with E-state index in [0.29, 0.717) is 13.0 Å². The minimum Gasteiger partial charge on any atom is -0.342 e. The molecule has 0 aromatic carbocycles. The van der Waals surface area contributed by atoms with Gasteiger partial charge in [0.25, 0.3) is 0 Å². The van der Waals surface area contributed by atoms with Crippen LogP contribution in [0.15, 0.2) is 5.38 Å². The zero-order valence-electron chi connectivity index (χ0n) is 9.80. The van der Waals surface area contributed by atoms with E-state index in [4.69, 9.17) is 9.47 Å². The third kappa shape index (κ3) is 2.05. The van der Waals surface area contributed by atoms with Crippen molar-refractivity contribution >= 4 is 16.5 Å². The van der Waals surface area contributed by atoms with Gasteiger partial charge in [-0.05, 0) is 13.8 Å². The van der Waals surface area contributed by atoms with Crippen molar-refractivity contribution in [2.75, 3.05) is 11.4 Å². The van der Waals surface area contributed by atoms with E-state index in [0.717, 1.165) is 10.8 Å². The van der Waals surface area contributed by atoms with Gasteiger partial charge in [-0.2, -0.15) is 0 Å². The Labute approximate surface area is 103 Å². The van der Waals surface area contributed by atoms with E-state index in [2.05, 4.69) is 4.98 Å². The van der Waals surface area contributed by atoms with Crippen molar-refractivity contribution in [3.8, 4) is 0 Å². The summed E-state index contributed by atoms with van der Waals surface area (Å²) >= 11 is 1.52. The molecule has 1 aromatic heterocycles. The summed E-state index contributed by atoms with van der Waals surface area (Å²) in [6.07, 6.45) is -0.642. The minimum absolute atomic E-state index is 0.147. The van der Waals surface area contributed by atoms with Crippen molar-refractivity contribution in [2.45, 2.75) is 45.1 Å². The summed E-state index contributed by atoms with van der Waals surface area (Å²) < 4.78 is 24.0. The first-order valence-electron chi connectivity index (χ1n) is 5.80. The highest BCUT2D eigenvalue weighted by Gasteiger charge is 2.34. The summed E-state index contributed by atoms with van der Waals surface area (Å²) in [5, 5.41) is 2.78. The molecule has 0 unspecified atom stereocenters. The lowest BCUT2D eigenvalue weighted by Gasteiger charge is -2.32. The summed E-state index contributed by atoms with van der Waals surface area (Å²) in [6, 6.07) is 0.214. The number of ether oxygens (including phenoxy) is 2. The molecule has 0 aliphatic carbocycles. The SMILES string of the molecule is CC1OC(c2csc(N3C[C@@H](F)C[C@@H]3C)n2)O1. The van der Waals surface area contributed by atoms with Crippen LogP contribution in [-0.2, 0) is 9.47 Å². The molecule has 2 aliphatic rings. The number of nitrogens with zero attached hydrogens (tertiary/aromatic N) is 2. The fraction of sp³-hybridized carbons (Fsp3) is 0.727. The first-order chi connectivity index (χ1) is 8.13. The van der Waals surface area contributed by atoms with E-state index in [1.165, 1.54) is 11.3 Å². The number of rotatable bonds is 2. The third-order valence-electron chi connectivity index (χ3n) is 3.15. The molecule has 6 heteroatoms. The monoisotopic (exact) mass is 258 g/mol. The summed E-state index contributed by atoms with van der Waals surface area (Å²) in [6.45, 7) is 4.32. The first-order valence-corrected chi connectivity index (χ1v) is 6.68. The van der Waals surface area contributed by atoms with Crippen LogP contribution >= 0.6 is 11.3 Å². The van der Waals surface area contributed by atoms with E-state index < -0.39 is 6.17 Å². The topological polar surface area (TPSA) is 34.6 Å². The van der Waals surface area contributed by atoms with Crippen LogP contribution in [0, 0.1) is 0 Å². The van der Waals surface area contributed by atoms with E-state index in [1.54, 1.807) is 0 Å². The van der Waals surface area contributed by atoms with Gasteiger partial charge < -0.3 is 14.4 Å². The van der Waals surface area contributed by atoms with Crippen molar-refractivity contribution in [3.05, 3.63) is 11.1 Å². The molecule has 3 heterocycles. The first kappa shape index (κ1) is 11.4. The van der Waals surface area contributed by atoms with Gasteiger partial charge >= 0.3 is 0 Å². The number of thiazole rings is 1. The molecular formula is C11H15FN2O2S. The van der Waals surface area contributed by atoms with Gasteiger partial charge in [0, 0.05) is 17.8 Å². The highest BCUT2D eigenvalue weighted by molar-refractivity contribution is 7.13. The van der Waals surface area contributed by atoms with E-state index >= 15 is 0 Å². The highest BCUT2D eigenvalue weighted by atomic mass is 32.1. The van der Waals surface area contributed by atoms with Crippen LogP contribution in [0.5, 0.6) is 0 Å². The van der Waals surface area contributed by atoms with Crippen molar-refractivity contribution in [1.82, 2.24) is 4.98 Å².